The molecule has 1 aromatic carbocycles. The van der Waals surface area contributed by atoms with Gasteiger partial charge in [0.25, 0.3) is 0 Å². The van der Waals surface area contributed by atoms with Crippen molar-refractivity contribution in [1.29, 1.82) is 0 Å². The lowest BCUT2D eigenvalue weighted by Gasteiger charge is -2.42. The molecule has 182 valence electrons. The van der Waals surface area contributed by atoms with Gasteiger partial charge in [0.1, 0.15) is 0 Å². The molecule has 2 atom stereocenters. The van der Waals surface area contributed by atoms with E-state index in [9.17, 15) is 14.4 Å². The lowest BCUT2D eigenvalue weighted by atomic mass is 9.93. The molecule has 0 radical (unpaired) electrons. The van der Waals surface area contributed by atoms with Crippen LogP contribution < -0.4 is 0 Å². The SMILES string of the molecule is CCOC(=O)CCC(=O)N1CCN(C(=O)CN2CCc3sccc3[C@H]2c2ccccc2)C[C@@H]1C. The van der Waals surface area contributed by atoms with Crippen LogP contribution in [-0.4, -0.2) is 77.9 Å². The Morgan fingerprint density at radius 3 is 2.56 bits per heavy atom. The number of rotatable bonds is 7. The van der Waals surface area contributed by atoms with Gasteiger partial charge in [-0.2, -0.15) is 0 Å². The molecule has 0 spiro atoms. The average molecular weight is 484 g/mol. The minimum atomic E-state index is -0.347. The van der Waals surface area contributed by atoms with Gasteiger partial charge in [-0.05, 0) is 42.8 Å². The molecule has 0 aliphatic carbocycles. The number of piperazine rings is 1. The number of carbonyl (C=O) groups excluding carboxylic acids is 3. The zero-order valence-corrected chi connectivity index (χ0v) is 20.8. The third-order valence-corrected chi connectivity index (χ3v) is 7.66. The second kappa shape index (κ2) is 11.1. The summed E-state index contributed by atoms with van der Waals surface area (Å²) in [6.07, 6.45) is 1.20. The molecule has 8 heteroatoms. The first kappa shape index (κ1) is 24.4. The van der Waals surface area contributed by atoms with E-state index in [0.717, 1.165) is 13.0 Å². The Morgan fingerprint density at radius 1 is 1.03 bits per heavy atom. The highest BCUT2D eigenvalue weighted by atomic mass is 32.1. The predicted molar refractivity (Wildman–Crippen MR) is 132 cm³/mol. The molecule has 3 heterocycles. The highest BCUT2D eigenvalue weighted by Gasteiger charge is 2.34. The van der Waals surface area contributed by atoms with Gasteiger partial charge < -0.3 is 14.5 Å². The predicted octanol–water partition coefficient (Wildman–Crippen LogP) is 3.10. The maximum atomic E-state index is 13.3. The molecule has 1 aromatic heterocycles. The fourth-order valence-electron chi connectivity index (χ4n) is 4.98. The summed E-state index contributed by atoms with van der Waals surface area (Å²) >= 11 is 1.80. The molecule has 7 nitrogen and oxygen atoms in total. The van der Waals surface area contributed by atoms with Crippen LogP contribution in [0.25, 0.3) is 0 Å². The molecule has 0 bridgehead atoms. The standard InChI is InChI=1S/C26H33N3O4S/c1-3-33-25(32)10-9-23(30)29-15-14-27(17-19(29)2)24(31)18-28-13-11-22-21(12-16-34-22)26(28)20-7-5-4-6-8-20/h4-8,12,16,19,26H,3,9-11,13-15,17-18H2,1-2H3/t19-,26+/m0/s1. The van der Waals surface area contributed by atoms with Crippen molar-refractivity contribution in [2.24, 2.45) is 0 Å². The number of esters is 1. The number of hydrogen-bond donors (Lipinski definition) is 0. The zero-order valence-electron chi connectivity index (χ0n) is 19.9. The number of carbonyl (C=O) groups is 3. The van der Waals surface area contributed by atoms with E-state index in [1.54, 1.807) is 23.2 Å². The molecule has 2 amide bonds. The third kappa shape index (κ3) is 5.50. The fourth-order valence-corrected chi connectivity index (χ4v) is 5.88. The number of ether oxygens (including phenoxy) is 1. The molecular weight excluding hydrogens is 450 g/mol. The quantitative estimate of drug-likeness (QED) is 0.566. The van der Waals surface area contributed by atoms with E-state index >= 15 is 0 Å². The zero-order chi connectivity index (χ0) is 24.1. The van der Waals surface area contributed by atoms with Crippen molar-refractivity contribution in [2.75, 3.05) is 39.3 Å². The minimum absolute atomic E-state index is 0.0576. The molecule has 4 rings (SSSR count). The Kier molecular flexibility index (Phi) is 8.00. The largest absolute Gasteiger partial charge is 0.466 e. The molecule has 0 N–H and O–H groups in total. The van der Waals surface area contributed by atoms with E-state index in [4.69, 9.17) is 4.74 Å². The molecule has 34 heavy (non-hydrogen) atoms. The number of hydrogen-bond acceptors (Lipinski definition) is 6. The Hall–Kier alpha value is -2.71. The van der Waals surface area contributed by atoms with Crippen LogP contribution in [0.2, 0.25) is 0 Å². The lowest BCUT2D eigenvalue weighted by molar-refractivity contribution is -0.147. The monoisotopic (exact) mass is 483 g/mol. The normalized spacial score (nSPS) is 20.6. The van der Waals surface area contributed by atoms with Crippen LogP contribution in [0.5, 0.6) is 0 Å². The lowest BCUT2D eigenvalue weighted by Crippen LogP contribution is -2.57. The van der Waals surface area contributed by atoms with Gasteiger partial charge >= 0.3 is 5.97 Å². The van der Waals surface area contributed by atoms with Gasteiger partial charge in [-0.1, -0.05) is 30.3 Å². The van der Waals surface area contributed by atoms with Crippen molar-refractivity contribution < 1.29 is 19.1 Å². The number of amides is 2. The summed E-state index contributed by atoms with van der Waals surface area (Å²) in [6, 6.07) is 12.6. The van der Waals surface area contributed by atoms with Crippen LogP contribution in [0.1, 0.15) is 48.7 Å². The summed E-state index contributed by atoms with van der Waals surface area (Å²) < 4.78 is 4.92. The van der Waals surface area contributed by atoms with Crippen LogP contribution in [0.4, 0.5) is 0 Å². The van der Waals surface area contributed by atoms with Gasteiger partial charge in [0.2, 0.25) is 11.8 Å². The summed E-state index contributed by atoms with van der Waals surface area (Å²) in [5.74, 6) is -0.302. The molecular formula is C26H33N3O4S. The molecule has 2 aliphatic heterocycles. The molecule has 2 aliphatic rings. The Balaban J connectivity index is 1.37. The highest BCUT2D eigenvalue weighted by molar-refractivity contribution is 7.10. The third-order valence-electron chi connectivity index (χ3n) is 6.67. The molecule has 0 saturated carbocycles. The van der Waals surface area contributed by atoms with Crippen molar-refractivity contribution in [2.45, 2.75) is 45.2 Å². The van der Waals surface area contributed by atoms with Gasteiger partial charge in [-0.25, -0.2) is 0 Å². The van der Waals surface area contributed by atoms with Crippen molar-refractivity contribution >= 4 is 29.1 Å². The van der Waals surface area contributed by atoms with Gasteiger partial charge in [0, 0.05) is 43.5 Å². The number of benzene rings is 1. The van der Waals surface area contributed by atoms with Gasteiger partial charge in [0.15, 0.2) is 0 Å². The van der Waals surface area contributed by atoms with Crippen LogP contribution in [0.3, 0.4) is 0 Å². The van der Waals surface area contributed by atoms with Crippen LogP contribution in [0.15, 0.2) is 41.8 Å². The first-order valence-corrected chi connectivity index (χ1v) is 12.9. The van der Waals surface area contributed by atoms with E-state index in [2.05, 4.69) is 40.6 Å². The van der Waals surface area contributed by atoms with E-state index < -0.39 is 0 Å². The molecule has 1 fully saturated rings. The minimum Gasteiger partial charge on any atom is -0.466 e. The summed E-state index contributed by atoms with van der Waals surface area (Å²) in [7, 11) is 0. The second-order valence-corrected chi connectivity index (χ2v) is 9.91. The first-order valence-electron chi connectivity index (χ1n) is 12.1. The van der Waals surface area contributed by atoms with Crippen molar-refractivity contribution in [3.05, 3.63) is 57.8 Å². The van der Waals surface area contributed by atoms with Crippen LogP contribution >= 0.6 is 11.3 Å². The number of nitrogens with zero attached hydrogens (tertiary/aromatic N) is 3. The first-order chi connectivity index (χ1) is 16.5. The second-order valence-electron chi connectivity index (χ2n) is 8.91. The molecule has 0 unspecified atom stereocenters. The maximum absolute atomic E-state index is 13.3. The van der Waals surface area contributed by atoms with Crippen LogP contribution in [0, 0.1) is 0 Å². The summed E-state index contributed by atoms with van der Waals surface area (Å²) in [6.45, 7) is 6.76. The Bertz CT molecular complexity index is 1010. The van der Waals surface area contributed by atoms with Gasteiger partial charge in [-0.3, -0.25) is 19.3 Å². The Morgan fingerprint density at radius 2 is 1.82 bits per heavy atom. The fraction of sp³-hybridized carbons (Fsp3) is 0.500. The van der Waals surface area contributed by atoms with E-state index in [1.807, 2.05) is 17.9 Å². The van der Waals surface area contributed by atoms with E-state index in [1.165, 1.54) is 16.0 Å². The van der Waals surface area contributed by atoms with Gasteiger partial charge in [-0.15, -0.1) is 11.3 Å². The summed E-state index contributed by atoms with van der Waals surface area (Å²) in [5.41, 5.74) is 2.51. The average Bonchev–Trinajstić information content (AvgIpc) is 3.32. The van der Waals surface area contributed by atoms with Crippen molar-refractivity contribution in [1.82, 2.24) is 14.7 Å². The summed E-state index contributed by atoms with van der Waals surface area (Å²) in [5, 5.41) is 2.14. The van der Waals surface area contributed by atoms with E-state index in [0.29, 0.717) is 32.8 Å². The smallest absolute Gasteiger partial charge is 0.306 e. The molecule has 1 saturated heterocycles. The number of fused-ring (bicyclic) bond motifs is 1. The van der Waals surface area contributed by atoms with Crippen molar-refractivity contribution in [3.63, 3.8) is 0 Å². The topological polar surface area (TPSA) is 70.2 Å². The maximum Gasteiger partial charge on any atom is 0.306 e. The highest BCUT2D eigenvalue weighted by Crippen LogP contribution is 2.37. The van der Waals surface area contributed by atoms with Crippen LogP contribution in [-0.2, 0) is 25.5 Å². The summed E-state index contributed by atoms with van der Waals surface area (Å²) in [4.78, 5) is 44.9. The number of thiophene rings is 1. The molecule has 2 aromatic rings. The Labute approximate surface area is 205 Å². The van der Waals surface area contributed by atoms with Crippen molar-refractivity contribution in [3.8, 4) is 0 Å². The van der Waals surface area contributed by atoms with E-state index in [-0.39, 0.29) is 42.7 Å². The van der Waals surface area contributed by atoms with Gasteiger partial charge in [0.05, 0.1) is 25.6 Å².